The van der Waals surface area contributed by atoms with Crippen molar-refractivity contribution < 1.29 is 0 Å². The number of likely N-dealkylation sites (tertiary alicyclic amines) is 1. The Balaban J connectivity index is 2.18. The lowest BCUT2D eigenvalue weighted by Crippen LogP contribution is -2.23. The number of aromatic nitrogens is 2. The van der Waals surface area contributed by atoms with Crippen LogP contribution in [0.5, 0.6) is 0 Å². The number of fused-ring (bicyclic) bond motifs is 1. The first kappa shape index (κ1) is 11.2. The minimum atomic E-state index is -0.162. The van der Waals surface area contributed by atoms with Crippen molar-refractivity contribution in [1.82, 2.24) is 14.3 Å². The molecule has 1 unspecified atom stereocenters. The van der Waals surface area contributed by atoms with Gasteiger partial charge in [-0.25, -0.2) is 4.98 Å². The SMILES string of the molecule is CN1CCC(c2nc3ccccn3c(=O)c2N)C1. The molecule has 2 aromatic heterocycles. The van der Waals surface area contributed by atoms with Gasteiger partial charge in [0.2, 0.25) is 0 Å². The maximum Gasteiger partial charge on any atom is 0.281 e. The predicted molar refractivity (Wildman–Crippen MR) is 70.7 cm³/mol. The molecule has 0 radical (unpaired) electrons. The summed E-state index contributed by atoms with van der Waals surface area (Å²) in [7, 11) is 2.07. The van der Waals surface area contributed by atoms with Crippen molar-refractivity contribution in [3.05, 3.63) is 40.4 Å². The highest BCUT2D eigenvalue weighted by molar-refractivity contribution is 5.50. The fourth-order valence-electron chi connectivity index (χ4n) is 2.59. The fourth-order valence-corrected chi connectivity index (χ4v) is 2.59. The number of nitrogens with two attached hydrogens (primary N) is 1. The molecular weight excluding hydrogens is 228 g/mol. The average molecular weight is 244 g/mol. The molecule has 1 saturated heterocycles. The third kappa shape index (κ3) is 1.67. The number of hydrogen-bond acceptors (Lipinski definition) is 4. The summed E-state index contributed by atoms with van der Waals surface area (Å²) < 4.78 is 1.50. The molecule has 0 amide bonds. The fraction of sp³-hybridized carbons (Fsp3) is 0.385. The summed E-state index contributed by atoms with van der Waals surface area (Å²) in [4.78, 5) is 19.0. The average Bonchev–Trinajstić information content (AvgIpc) is 2.80. The Labute approximate surface area is 105 Å². The van der Waals surface area contributed by atoms with Crippen molar-refractivity contribution in [1.29, 1.82) is 0 Å². The van der Waals surface area contributed by atoms with Crippen LogP contribution in [0.1, 0.15) is 18.0 Å². The van der Waals surface area contributed by atoms with Crippen LogP contribution >= 0.6 is 0 Å². The highest BCUT2D eigenvalue weighted by atomic mass is 16.1. The predicted octanol–water partition coefficient (Wildman–Crippen LogP) is 0.696. The van der Waals surface area contributed by atoms with Crippen LogP contribution in [0.3, 0.4) is 0 Å². The zero-order chi connectivity index (χ0) is 12.7. The van der Waals surface area contributed by atoms with Crippen molar-refractivity contribution >= 4 is 11.3 Å². The second-order valence-electron chi connectivity index (χ2n) is 4.89. The summed E-state index contributed by atoms with van der Waals surface area (Å²) in [5.74, 6) is 0.271. The van der Waals surface area contributed by atoms with E-state index in [1.165, 1.54) is 4.40 Å². The first-order valence-corrected chi connectivity index (χ1v) is 6.12. The summed E-state index contributed by atoms with van der Waals surface area (Å²) in [6, 6.07) is 5.52. The van der Waals surface area contributed by atoms with Crippen LogP contribution in [0, 0.1) is 0 Å². The van der Waals surface area contributed by atoms with E-state index in [1.54, 1.807) is 12.3 Å². The molecule has 1 fully saturated rings. The summed E-state index contributed by atoms with van der Waals surface area (Å²) in [5, 5.41) is 0. The maximum atomic E-state index is 12.2. The van der Waals surface area contributed by atoms with Crippen molar-refractivity contribution in [2.75, 3.05) is 25.9 Å². The number of nitrogens with zero attached hydrogens (tertiary/aromatic N) is 3. The molecule has 1 aliphatic rings. The Hall–Kier alpha value is -1.88. The quantitative estimate of drug-likeness (QED) is 0.802. The van der Waals surface area contributed by atoms with E-state index in [9.17, 15) is 4.79 Å². The molecule has 0 bridgehead atoms. The summed E-state index contributed by atoms with van der Waals surface area (Å²) >= 11 is 0. The third-order valence-electron chi connectivity index (χ3n) is 3.58. The molecule has 0 aromatic carbocycles. The molecule has 2 N–H and O–H groups in total. The molecule has 3 heterocycles. The van der Waals surface area contributed by atoms with E-state index in [-0.39, 0.29) is 11.5 Å². The Kier molecular flexibility index (Phi) is 2.56. The Morgan fingerprint density at radius 2 is 2.28 bits per heavy atom. The lowest BCUT2D eigenvalue weighted by atomic mass is 10.0. The van der Waals surface area contributed by atoms with Crippen molar-refractivity contribution in [3.8, 4) is 0 Å². The smallest absolute Gasteiger partial charge is 0.281 e. The van der Waals surface area contributed by atoms with Crippen LogP contribution in [0.25, 0.3) is 5.65 Å². The Morgan fingerprint density at radius 1 is 1.44 bits per heavy atom. The van der Waals surface area contributed by atoms with Gasteiger partial charge in [0.25, 0.3) is 5.56 Å². The summed E-state index contributed by atoms with van der Waals surface area (Å²) in [6.07, 6.45) is 2.71. The van der Waals surface area contributed by atoms with E-state index < -0.39 is 0 Å². The third-order valence-corrected chi connectivity index (χ3v) is 3.58. The maximum absolute atomic E-state index is 12.2. The summed E-state index contributed by atoms with van der Waals surface area (Å²) in [5.41, 5.74) is 7.52. The number of pyridine rings is 1. The van der Waals surface area contributed by atoms with Crippen LogP contribution in [0.4, 0.5) is 5.69 Å². The van der Waals surface area contributed by atoms with Crippen LogP contribution in [0.2, 0.25) is 0 Å². The van der Waals surface area contributed by atoms with Gasteiger partial charge in [-0.05, 0) is 32.1 Å². The van der Waals surface area contributed by atoms with E-state index in [0.29, 0.717) is 11.3 Å². The molecule has 94 valence electrons. The molecule has 1 atom stereocenters. The second-order valence-corrected chi connectivity index (χ2v) is 4.89. The standard InChI is InChI=1S/C13H16N4O/c1-16-7-5-9(8-16)12-11(14)13(18)17-6-3-2-4-10(17)15-12/h2-4,6,9H,5,7-8,14H2,1H3. The van der Waals surface area contributed by atoms with E-state index >= 15 is 0 Å². The number of likely N-dealkylation sites (N-methyl/N-ethyl adjacent to an activating group) is 1. The van der Waals surface area contributed by atoms with Gasteiger partial charge in [0.15, 0.2) is 0 Å². The van der Waals surface area contributed by atoms with E-state index in [0.717, 1.165) is 25.2 Å². The van der Waals surface area contributed by atoms with Gasteiger partial charge in [0.1, 0.15) is 11.3 Å². The van der Waals surface area contributed by atoms with E-state index in [1.807, 2.05) is 12.1 Å². The molecule has 18 heavy (non-hydrogen) atoms. The minimum absolute atomic E-state index is 0.162. The Bertz CT molecular complexity index is 649. The van der Waals surface area contributed by atoms with Gasteiger partial charge < -0.3 is 10.6 Å². The van der Waals surface area contributed by atoms with E-state index in [2.05, 4.69) is 16.9 Å². The van der Waals surface area contributed by atoms with Gasteiger partial charge in [-0.3, -0.25) is 9.20 Å². The number of hydrogen-bond donors (Lipinski definition) is 1. The normalized spacial score (nSPS) is 20.6. The van der Waals surface area contributed by atoms with Crippen molar-refractivity contribution in [2.24, 2.45) is 0 Å². The topological polar surface area (TPSA) is 63.6 Å². The molecule has 0 spiro atoms. The largest absolute Gasteiger partial charge is 0.393 e. The monoisotopic (exact) mass is 244 g/mol. The second kappa shape index (κ2) is 4.10. The van der Waals surface area contributed by atoms with Gasteiger partial charge in [-0.15, -0.1) is 0 Å². The van der Waals surface area contributed by atoms with Gasteiger partial charge in [0.05, 0.1) is 5.69 Å². The van der Waals surface area contributed by atoms with Crippen LogP contribution in [-0.4, -0.2) is 34.4 Å². The lowest BCUT2D eigenvalue weighted by molar-refractivity contribution is 0.411. The zero-order valence-electron chi connectivity index (χ0n) is 10.3. The van der Waals surface area contributed by atoms with Gasteiger partial charge in [-0.2, -0.15) is 0 Å². The van der Waals surface area contributed by atoms with Crippen molar-refractivity contribution in [2.45, 2.75) is 12.3 Å². The van der Waals surface area contributed by atoms with E-state index in [4.69, 9.17) is 5.73 Å². The number of rotatable bonds is 1. The highest BCUT2D eigenvalue weighted by Gasteiger charge is 2.25. The van der Waals surface area contributed by atoms with Gasteiger partial charge in [-0.1, -0.05) is 6.07 Å². The molecule has 5 nitrogen and oxygen atoms in total. The first-order chi connectivity index (χ1) is 8.66. The molecular formula is C13H16N4O. The van der Waals surface area contributed by atoms with Gasteiger partial charge >= 0.3 is 0 Å². The van der Waals surface area contributed by atoms with Crippen LogP contribution in [-0.2, 0) is 0 Å². The lowest BCUT2D eigenvalue weighted by Gasteiger charge is -2.13. The van der Waals surface area contributed by atoms with Crippen LogP contribution in [0.15, 0.2) is 29.2 Å². The number of anilines is 1. The molecule has 0 saturated carbocycles. The minimum Gasteiger partial charge on any atom is -0.393 e. The number of nitrogen functional groups attached to an aromatic ring is 1. The molecule has 5 heteroatoms. The Morgan fingerprint density at radius 3 is 3.00 bits per heavy atom. The first-order valence-electron chi connectivity index (χ1n) is 6.12. The zero-order valence-corrected chi connectivity index (χ0v) is 10.3. The molecule has 0 aliphatic carbocycles. The van der Waals surface area contributed by atoms with Crippen LogP contribution < -0.4 is 11.3 Å². The highest BCUT2D eigenvalue weighted by Crippen LogP contribution is 2.27. The van der Waals surface area contributed by atoms with Crippen molar-refractivity contribution in [3.63, 3.8) is 0 Å². The molecule has 1 aliphatic heterocycles. The molecule has 2 aromatic rings. The summed E-state index contributed by atoms with van der Waals surface area (Å²) in [6.45, 7) is 1.94. The van der Waals surface area contributed by atoms with Gasteiger partial charge in [0, 0.05) is 18.7 Å². The molecule has 3 rings (SSSR count).